The van der Waals surface area contributed by atoms with Gasteiger partial charge in [0.2, 0.25) is 0 Å². The van der Waals surface area contributed by atoms with Crippen LogP contribution in [-0.2, 0) is 0 Å². The van der Waals surface area contributed by atoms with Crippen LogP contribution in [0, 0.1) is 6.92 Å². The normalized spacial score (nSPS) is 11.8. The third kappa shape index (κ3) is 3.61. The number of rotatable bonds is 5. The summed E-state index contributed by atoms with van der Waals surface area (Å²) in [6.07, 6.45) is 0. The molecule has 21 heavy (non-hydrogen) atoms. The molecule has 0 aliphatic carbocycles. The number of benzene rings is 2. The van der Waals surface area contributed by atoms with Crippen LogP contribution < -0.4 is 10.1 Å². The molecule has 0 saturated heterocycles. The number of aryl methyl sites for hydroxylation is 1. The van der Waals surface area contributed by atoms with Crippen LogP contribution in [0.3, 0.4) is 0 Å². The fourth-order valence-electron chi connectivity index (χ4n) is 2.12. The molecule has 2 aromatic rings. The number of ether oxygens (including phenoxy) is 1. The number of nitrogens with one attached hydrogen (secondary N) is 1. The second-order valence-electron chi connectivity index (χ2n) is 4.80. The van der Waals surface area contributed by atoms with Crippen molar-refractivity contribution in [2.24, 2.45) is 0 Å². The molecular weight excluding hydrogens is 266 g/mol. The maximum absolute atomic E-state index is 12.3. The number of hydrogen-bond donors (Lipinski definition) is 2. The zero-order valence-corrected chi connectivity index (χ0v) is 12.2. The second-order valence-corrected chi connectivity index (χ2v) is 4.80. The molecule has 0 unspecified atom stereocenters. The maximum atomic E-state index is 12.3. The molecule has 2 rings (SSSR count). The number of aliphatic hydroxyl groups excluding tert-OH is 1. The third-order valence-electron chi connectivity index (χ3n) is 3.36. The molecule has 0 aliphatic rings. The van der Waals surface area contributed by atoms with E-state index >= 15 is 0 Å². The van der Waals surface area contributed by atoms with Crippen LogP contribution in [-0.4, -0.2) is 24.7 Å². The molecule has 0 saturated carbocycles. The monoisotopic (exact) mass is 285 g/mol. The summed E-state index contributed by atoms with van der Waals surface area (Å²) in [7, 11) is 1.57. The molecule has 0 heterocycles. The van der Waals surface area contributed by atoms with Gasteiger partial charge in [0, 0.05) is 5.56 Å². The predicted octanol–water partition coefficient (Wildman–Crippen LogP) is 2.47. The van der Waals surface area contributed by atoms with Gasteiger partial charge in [0.25, 0.3) is 5.91 Å². The van der Waals surface area contributed by atoms with Crippen LogP contribution >= 0.6 is 0 Å². The van der Waals surface area contributed by atoms with E-state index in [2.05, 4.69) is 5.32 Å². The summed E-state index contributed by atoms with van der Waals surface area (Å²) < 4.78 is 5.22. The van der Waals surface area contributed by atoms with Crippen molar-refractivity contribution in [2.45, 2.75) is 13.0 Å². The van der Waals surface area contributed by atoms with Gasteiger partial charge in [0.1, 0.15) is 5.75 Å². The van der Waals surface area contributed by atoms with E-state index in [1.54, 1.807) is 19.2 Å². The molecule has 0 spiro atoms. The quantitative estimate of drug-likeness (QED) is 0.887. The molecule has 0 aliphatic heterocycles. The lowest BCUT2D eigenvalue weighted by Crippen LogP contribution is -2.30. The fourth-order valence-corrected chi connectivity index (χ4v) is 2.12. The van der Waals surface area contributed by atoms with Gasteiger partial charge in [0.05, 0.1) is 19.8 Å². The van der Waals surface area contributed by atoms with E-state index in [9.17, 15) is 9.90 Å². The molecule has 0 fully saturated rings. The first-order valence-corrected chi connectivity index (χ1v) is 6.77. The topological polar surface area (TPSA) is 58.6 Å². The average molecular weight is 285 g/mol. The molecule has 0 radical (unpaired) electrons. The maximum Gasteiger partial charge on any atom is 0.251 e. The largest absolute Gasteiger partial charge is 0.496 e. The van der Waals surface area contributed by atoms with Crippen LogP contribution in [0.2, 0.25) is 0 Å². The second kappa shape index (κ2) is 6.90. The van der Waals surface area contributed by atoms with E-state index in [-0.39, 0.29) is 12.5 Å². The first-order chi connectivity index (χ1) is 10.2. The Kier molecular flexibility index (Phi) is 4.95. The lowest BCUT2D eigenvalue weighted by Gasteiger charge is -2.17. The Hall–Kier alpha value is -2.33. The smallest absolute Gasteiger partial charge is 0.251 e. The summed E-state index contributed by atoms with van der Waals surface area (Å²) in [5.74, 6) is 0.430. The Bertz CT molecular complexity index is 611. The molecule has 0 aromatic heterocycles. The van der Waals surface area contributed by atoms with E-state index < -0.39 is 6.04 Å². The Balaban J connectivity index is 2.16. The number of methoxy groups -OCH3 is 1. The molecule has 2 aromatic carbocycles. The van der Waals surface area contributed by atoms with Gasteiger partial charge in [-0.15, -0.1) is 0 Å². The molecule has 4 nitrogen and oxygen atoms in total. The molecule has 4 heteroatoms. The van der Waals surface area contributed by atoms with Crippen molar-refractivity contribution in [3.63, 3.8) is 0 Å². The van der Waals surface area contributed by atoms with Crippen LogP contribution in [0.25, 0.3) is 0 Å². The van der Waals surface area contributed by atoms with E-state index in [4.69, 9.17) is 4.74 Å². The average Bonchev–Trinajstić information content (AvgIpc) is 2.53. The van der Waals surface area contributed by atoms with Crippen molar-refractivity contribution in [1.82, 2.24) is 5.32 Å². The first-order valence-electron chi connectivity index (χ1n) is 6.77. The molecule has 0 bridgehead atoms. The summed E-state index contributed by atoms with van der Waals surface area (Å²) in [5.41, 5.74) is 2.34. The van der Waals surface area contributed by atoms with E-state index in [1.807, 2.05) is 43.3 Å². The summed E-state index contributed by atoms with van der Waals surface area (Å²) in [6, 6.07) is 14.2. The Morgan fingerprint density at radius 3 is 2.57 bits per heavy atom. The predicted molar refractivity (Wildman–Crippen MR) is 81.5 cm³/mol. The van der Waals surface area contributed by atoms with Crippen LogP contribution in [0.15, 0.2) is 48.5 Å². The number of amides is 1. The number of carbonyl (C=O) groups is 1. The molecular formula is C17H19NO3. The summed E-state index contributed by atoms with van der Waals surface area (Å²) >= 11 is 0. The van der Waals surface area contributed by atoms with Gasteiger partial charge in [-0.05, 0) is 30.2 Å². The van der Waals surface area contributed by atoms with Gasteiger partial charge in [0.15, 0.2) is 0 Å². The lowest BCUT2D eigenvalue weighted by atomic mass is 10.1. The van der Waals surface area contributed by atoms with E-state index in [0.717, 1.165) is 11.1 Å². The van der Waals surface area contributed by atoms with Crippen molar-refractivity contribution in [2.75, 3.05) is 13.7 Å². The van der Waals surface area contributed by atoms with Gasteiger partial charge < -0.3 is 15.2 Å². The van der Waals surface area contributed by atoms with Crippen molar-refractivity contribution in [3.8, 4) is 5.75 Å². The van der Waals surface area contributed by atoms with Crippen LogP contribution in [0.1, 0.15) is 27.5 Å². The summed E-state index contributed by atoms with van der Waals surface area (Å²) in [4.78, 5) is 12.3. The van der Waals surface area contributed by atoms with E-state index in [1.165, 1.54) is 0 Å². The molecule has 2 N–H and O–H groups in total. The van der Waals surface area contributed by atoms with Crippen LogP contribution in [0.4, 0.5) is 0 Å². The van der Waals surface area contributed by atoms with Gasteiger partial charge in [-0.1, -0.05) is 36.4 Å². The SMILES string of the molecule is COc1cc(C(=O)N[C@H](CO)c2ccccc2)ccc1C. The first kappa shape index (κ1) is 15.1. The highest BCUT2D eigenvalue weighted by atomic mass is 16.5. The number of hydrogen-bond acceptors (Lipinski definition) is 3. The molecule has 110 valence electrons. The van der Waals surface area contributed by atoms with Crippen LogP contribution in [0.5, 0.6) is 5.75 Å². The van der Waals surface area contributed by atoms with Gasteiger partial charge in [-0.2, -0.15) is 0 Å². The van der Waals surface area contributed by atoms with Gasteiger partial charge in [-0.25, -0.2) is 0 Å². The Morgan fingerprint density at radius 2 is 1.95 bits per heavy atom. The Morgan fingerprint density at radius 1 is 1.24 bits per heavy atom. The Labute approximate surface area is 124 Å². The number of aliphatic hydroxyl groups is 1. The highest BCUT2D eigenvalue weighted by molar-refractivity contribution is 5.95. The highest BCUT2D eigenvalue weighted by Crippen LogP contribution is 2.20. The van der Waals surface area contributed by atoms with Gasteiger partial charge >= 0.3 is 0 Å². The van der Waals surface area contributed by atoms with Crippen molar-refractivity contribution < 1.29 is 14.6 Å². The zero-order valence-electron chi connectivity index (χ0n) is 12.2. The fraction of sp³-hybridized carbons (Fsp3) is 0.235. The minimum Gasteiger partial charge on any atom is -0.496 e. The van der Waals surface area contributed by atoms with E-state index in [0.29, 0.717) is 11.3 Å². The zero-order chi connectivity index (χ0) is 15.2. The summed E-state index contributed by atoms with van der Waals surface area (Å²) in [5, 5.41) is 12.3. The minimum atomic E-state index is -0.425. The van der Waals surface area contributed by atoms with Crippen molar-refractivity contribution in [1.29, 1.82) is 0 Å². The van der Waals surface area contributed by atoms with Crippen molar-refractivity contribution in [3.05, 3.63) is 65.2 Å². The highest BCUT2D eigenvalue weighted by Gasteiger charge is 2.15. The number of carbonyl (C=O) groups excluding carboxylic acids is 1. The standard InChI is InChI=1S/C17H19NO3/c1-12-8-9-14(10-16(12)21-2)17(20)18-15(11-19)13-6-4-3-5-7-13/h3-10,15,19H,11H2,1-2H3,(H,18,20)/t15-/m1/s1. The third-order valence-corrected chi connectivity index (χ3v) is 3.36. The molecule has 1 amide bonds. The summed E-state index contributed by atoms with van der Waals surface area (Å²) in [6.45, 7) is 1.76. The lowest BCUT2D eigenvalue weighted by molar-refractivity contribution is 0.0916. The van der Waals surface area contributed by atoms with Crippen molar-refractivity contribution >= 4 is 5.91 Å². The molecule has 1 atom stereocenters. The minimum absolute atomic E-state index is 0.154. The van der Waals surface area contributed by atoms with Gasteiger partial charge in [-0.3, -0.25) is 4.79 Å².